The number of anilines is 1. The van der Waals surface area contributed by atoms with Crippen LogP contribution in [-0.2, 0) is 4.79 Å². The minimum Gasteiger partial charge on any atom is -0.342 e. The molecule has 3 N–H and O–H groups in total. The van der Waals surface area contributed by atoms with Crippen LogP contribution in [0.2, 0.25) is 5.02 Å². The normalized spacial score (nSPS) is 11.9. The number of carbonyl (C=O) groups is 2. The summed E-state index contributed by atoms with van der Waals surface area (Å²) < 4.78 is 0. The largest absolute Gasteiger partial charge is 0.342 e. The third-order valence-electron chi connectivity index (χ3n) is 4.56. The molecule has 1 unspecified atom stereocenters. The van der Waals surface area contributed by atoms with Gasteiger partial charge in [-0.25, -0.2) is 4.98 Å². The van der Waals surface area contributed by atoms with Crippen LogP contribution in [0.25, 0.3) is 0 Å². The smallest absolute Gasteiger partial charge is 0.251 e. The highest BCUT2D eigenvalue weighted by Crippen LogP contribution is 2.23. The minimum atomic E-state index is -0.333. The zero-order valence-electron chi connectivity index (χ0n) is 17.5. The number of benzene rings is 2. The van der Waals surface area contributed by atoms with E-state index in [4.69, 9.17) is 11.6 Å². The number of rotatable bonds is 8. The number of hydrogen-bond donors (Lipinski definition) is 3. The fraction of sp³-hybridized carbons (Fsp3) is 0.273. The quantitative estimate of drug-likeness (QED) is 0.428. The van der Waals surface area contributed by atoms with Crippen LogP contribution < -0.4 is 10.6 Å². The van der Waals surface area contributed by atoms with Gasteiger partial charge in [-0.2, -0.15) is 0 Å². The van der Waals surface area contributed by atoms with E-state index in [1.807, 2.05) is 39.0 Å². The fourth-order valence-electron chi connectivity index (χ4n) is 2.91. The molecule has 0 aliphatic rings. The molecule has 2 amide bonds. The summed E-state index contributed by atoms with van der Waals surface area (Å²) in [5, 5.41) is 14.0. The van der Waals surface area contributed by atoms with Crippen molar-refractivity contribution in [2.45, 2.75) is 32.0 Å². The number of amides is 2. The molecule has 1 heterocycles. The second kappa shape index (κ2) is 10.5. The summed E-state index contributed by atoms with van der Waals surface area (Å²) in [4.78, 5) is 29.3. The Bertz CT molecular complexity index is 1060. The molecule has 7 nitrogen and oxygen atoms in total. The van der Waals surface area contributed by atoms with Gasteiger partial charge in [0.15, 0.2) is 0 Å². The van der Waals surface area contributed by atoms with Gasteiger partial charge < -0.3 is 10.6 Å². The zero-order valence-corrected chi connectivity index (χ0v) is 19.1. The van der Waals surface area contributed by atoms with Gasteiger partial charge in [0, 0.05) is 16.3 Å². The highest BCUT2D eigenvalue weighted by Gasteiger charge is 2.23. The molecule has 162 valence electrons. The minimum absolute atomic E-state index is 0.0923. The van der Waals surface area contributed by atoms with Gasteiger partial charge in [-0.3, -0.25) is 14.7 Å². The predicted molar refractivity (Wildman–Crippen MR) is 123 cm³/mol. The topological polar surface area (TPSA) is 99.8 Å². The molecule has 2 aromatic carbocycles. The summed E-state index contributed by atoms with van der Waals surface area (Å²) in [5.41, 5.74) is 2.19. The Balaban J connectivity index is 1.59. The van der Waals surface area contributed by atoms with Crippen molar-refractivity contribution in [2.75, 3.05) is 11.1 Å². The maximum atomic E-state index is 12.5. The molecule has 1 atom stereocenters. The van der Waals surface area contributed by atoms with Crippen LogP contribution in [0, 0.1) is 12.8 Å². The Morgan fingerprint density at radius 2 is 1.90 bits per heavy atom. The van der Waals surface area contributed by atoms with E-state index in [1.54, 1.807) is 30.3 Å². The second-order valence-corrected chi connectivity index (χ2v) is 8.74. The Labute approximate surface area is 190 Å². The van der Waals surface area contributed by atoms with Crippen LogP contribution in [0.3, 0.4) is 0 Å². The number of halogens is 1. The number of nitrogens with one attached hydrogen (secondary N) is 3. The summed E-state index contributed by atoms with van der Waals surface area (Å²) in [6, 6.07) is 14.0. The van der Waals surface area contributed by atoms with Crippen molar-refractivity contribution in [3.05, 3.63) is 70.5 Å². The molecular formula is C22H24ClN5O2S. The van der Waals surface area contributed by atoms with Crippen LogP contribution in [-0.4, -0.2) is 32.7 Å². The van der Waals surface area contributed by atoms with Gasteiger partial charge in [0.1, 0.15) is 5.82 Å². The number of carbonyl (C=O) groups excluding carboxylic acids is 2. The number of thioether (sulfide) groups is 1. The average molecular weight is 458 g/mol. The van der Waals surface area contributed by atoms with E-state index < -0.39 is 0 Å². The summed E-state index contributed by atoms with van der Waals surface area (Å²) in [7, 11) is 0. The molecule has 0 saturated carbocycles. The van der Waals surface area contributed by atoms with E-state index in [0.29, 0.717) is 27.3 Å². The van der Waals surface area contributed by atoms with Crippen molar-refractivity contribution in [1.82, 2.24) is 20.5 Å². The number of H-pyrrole nitrogens is 1. The van der Waals surface area contributed by atoms with Gasteiger partial charge in [-0.1, -0.05) is 55.4 Å². The first-order valence-corrected chi connectivity index (χ1v) is 11.2. The molecule has 1 aromatic heterocycles. The Morgan fingerprint density at radius 3 is 2.58 bits per heavy atom. The molecular weight excluding hydrogens is 434 g/mol. The van der Waals surface area contributed by atoms with E-state index in [2.05, 4.69) is 25.8 Å². The average Bonchev–Trinajstić information content (AvgIpc) is 3.21. The Hall–Kier alpha value is -2.84. The lowest BCUT2D eigenvalue weighted by Gasteiger charge is -2.19. The Morgan fingerprint density at radius 1 is 1.16 bits per heavy atom. The predicted octanol–water partition coefficient (Wildman–Crippen LogP) is 4.62. The molecule has 3 aromatic rings. The summed E-state index contributed by atoms with van der Waals surface area (Å²) in [5.74, 6) is 0.454. The van der Waals surface area contributed by atoms with E-state index in [0.717, 1.165) is 5.56 Å². The van der Waals surface area contributed by atoms with Gasteiger partial charge in [0.25, 0.3) is 5.91 Å². The number of nitrogens with zero attached hydrogens (tertiary/aromatic N) is 2. The van der Waals surface area contributed by atoms with Gasteiger partial charge in [0.05, 0.1) is 11.8 Å². The maximum absolute atomic E-state index is 12.5. The van der Waals surface area contributed by atoms with Crippen LogP contribution in [0.5, 0.6) is 0 Å². The molecule has 0 aliphatic heterocycles. The lowest BCUT2D eigenvalue weighted by atomic mass is 10.0. The highest BCUT2D eigenvalue weighted by molar-refractivity contribution is 7.99. The van der Waals surface area contributed by atoms with Crippen LogP contribution in [0.15, 0.2) is 53.7 Å². The van der Waals surface area contributed by atoms with Gasteiger partial charge in [0.2, 0.25) is 11.1 Å². The standard InChI is InChI=1S/C22H24ClN5O2S/c1-13(2)19(25-21(30)15-7-5-4-6-8-15)20-26-22(28-27-20)31-12-18(29)24-17-10-9-16(23)11-14(17)3/h4-11,13,19H,12H2,1-3H3,(H,24,29)(H,25,30)(H,26,27,28). The van der Waals surface area contributed by atoms with Crippen molar-refractivity contribution in [2.24, 2.45) is 5.92 Å². The van der Waals surface area contributed by atoms with E-state index in [-0.39, 0.29) is 29.5 Å². The SMILES string of the molecule is Cc1cc(Cl)ccc1NC(=O)CSc1n[nH]c(C(NC(=O)c2ccccc2)C(C)C)n1. The van der Waals surface area contributed by atoms with Gasteiger partial charge >= 0.3 is 0 Å². The molecule has 0 saturated heterocycles. The lowest BCUT2D eigenvalue weighted by molar-refractivity contribution is -0.113. The summed E-state index contributed by atoms with van der Waals surface area (Å²) in [6.45, 7) is 5.87. The third-order valence-corrected chi connectivity index (χ3v) is 5.64. The van der Waals surface area contributed by atoms with E-state index >= 15 is 0 Å². The van der Waals surface area contributed by atoms with Crippen LogP contribution in [0.1, 0.15) is 41.6 Å². The Kier molecular flexibility index (Phi) is 7.70. The molecule has 0 radical (unpaired) electrons. The number of aromatic amines is 1. The second-order valence-electron chi connectivity index (χ2n) is 7.36. The molecule has 0 spiro atoms. The van der Waals surface area contributed by atoms with Crippen LogP contribution in [0.4, 0.5) is 5.69 Å². The summed E-state index contributed by atoms with van der Waals surface area (Å²) in [6.07, 6.45) is 0. The van der Waals surface area contributed by atoms with E-state index in [9.17, 15) is 9.59 Å². The van der Waals surface area contributed by atoms with Crippen LogP contribution >= 0.6 is 23.4 Å². The lowest BCUT2D eigenvalue weighted by Crippen LogP contribution is -2.32. The van der Waals surface area contributed by atoms with E-state index in [1.165, 1.54) is 11.8 Å². The van der Waals surface area contributed by atoms with Crippen molar-refractivity contribution < 1.29 is 9.59 Å². The number of hydrogen-bond acceptors (Lipinski definition) is 5. The highest BCUT2D eigenvalue weighted by atomic mass is 35.5. The zero-order chi connectivity index (χ0) is 22.4. The molecule has 0 bridgehead atoms. The number of aromatic nitrogens is 3. The fourth-order valence-corrected chi connectivity index (χ4v) is 3.74. The first-order chi connectivity index (χ1) is 14.8. The van der Waals surface area contributed by atoms with Crippen molar-refractivity contribution in [3.8, 4) is 0 Å². The van der Waals surface area contributed by atoms with Crippen molar-refractivity contribution in [3.63, 3.8) is 0 Å². The van der Waals surface area contributed by atoms with Crippen molar-refractivity contribution >= 4 is 40.9 Å². The number of aryl methyl sites for hydroxylation is 1. The first-order valence-electron chi connectivity index (χ1n) is 9.80. The first kappa shape index (κ1) is 22.8. The monoisotopic (exact) mass is 457 g/mol. The molecule has 3 rings (SSSR count). The molecule has 31 heavy (non-hydrogen) atoms. The van der Waals surface area contributed by atoms with Gasteiger partial charge in [-0.05, 0) is 48.7 Å². The van der Waals surface area contributed by atoms with Gasteiger partial charge in [-0.15, -0.1) is 5.10 Å². The molecule has 0 aliphatic carbocycles. The third kappa shape index (κ3) is 6.32. The maximum Gasteiger partial charge on any atom is 0.251 e. The van der Waals surface area contributed by atoms with Crippen molar-refractivity contribution in [1.29, 1.82) is 0 Å². The molecule has 0 fully saturated rings. The summed E-state index contributed by atoms with van der Waals surface area (Å²) >= 11 is 7.17. The molecule has 9 heteroatoms.